The Kier molecular flexibility index (Phi) is 5.84. The number of nitrogens with one attached hydrogen (secondary N) is 2. The second kappa shape index (κ2) is 8.98. The van der Waals surface area contributed by atoms with E-state index >= 15 is 0 Å². The number of hydrogen-bond acceptors (Lipinski definition) is 4. The summed E-state index contributed by atoms with van der Waals surface area (Å²) < 4.78 is 15.5. The van der Waals surface area contributed by atoms with Crippen molar-refractivity contribution in [3.63, 3.8) is 0 Å². The van der Waals surface area contributed by atoms with Crippen molar-refractivity contribution in [1.29, 1.82) is 0 Å². The maximum atomic E-state index is 13.9. The predicted octanol–water partition coefficient (Wildman–Crippen LogP) is 2.65. The van der Waals surface area contributed by atoms with Crippen molar-refractivity contribution in [3.05, 3.63) is 89.3 Å². The van der Waals surface area contributed by atoms with Gasteiger partial charge in [-0.15, -0.1) is 0 Å². The number of carbonyl (C=O) groups excluding carboxylic acids is 3. The molecular formula is C26H26FN5O3. The average molecular weight is 476 g/mol. The van der Waals surface area contributed by atoms with Crippen LogP contribution in [0.2, 0.25) is 0 Å². The van der Waals surface area contributed by atoms with Crippen LogP contribution in [0, 0.1) is 5.82 Å². The molecule has 1 aromatic heterocycles. The van der Waals surface area contributed by atoms with Crippen LogP contribution in [0.5, 0.6) is 0 Å². The molecule has 1 fully saturated rings. The highest BCUT2D eigenvalue weighted by Crippen LogP contribution is 2.38. The molecule has 2 heterocycles. The molecule has 1 aliphatic carbocycles. The summed E-state index contributed by atoms with van der Waals surface area (Å²) in [5.41, 5.74) is 0.297. The molecule has 1 saturated carbocycles. The van der Waals surface area contributed by atoms with Crippen molar-refractivity contribution in [2.75, 3.05) is 0 Å². The Labute approximate surface area is 202 Å². The molecule has 2 N–H and O–H groups in total. The second-order valence-corrected chi connectivity index (χ2v) is 9.19. The van der Waals surface area contributed by atoms with Crippen LogP contribution in [0.25, 0.3) is 0 Å². The monoisotopic (exact) mass is 475 g/mol. The molecule has 1 aliphatic heterocycles. The van der Waals surface area contributed by atoms with E-state index in [0.29, 0.717) is 12.1 Å². The number of imidazole rings is 1. The van der Waals surface area contributed by atoms with E-state index in [-0.39, 0.29) is 36.4 Å². The standard InChI is InChI=1S/C26H26FN5O3/c1-26(25(35)29-13-17-7-3-2-4-8-17)15-31-16-30-21(22(31)24(34)32(26)19-11-12-19)23(33)28-14-18-9-5-6-10-20(18)27/h2-10,16,19H,11-15H2,1H3,(H,28,33)(H,29,35)/t26-/m1/s1. The maximum Gasteiger partial charge on any atom is 0.274 e. The number of hydrogen-bond donors (Lipinski definition) is 2. The van der Waals surface area contributed by atoms with Gasteiger partial charge >= 0.3 is 0 Å². The molecule has 3 aromatic rings. The molecule has 0 bridgehead atoms. The van der Waals surface area contributed by atoms with Crippen molar-refractivity contribution < 1.29 is 18.8 Å². The minimum absolute atomic E-state index is 0.0243. The molecule has 3 amide bonds. The number of rotatable bonds is 7. The first-order chi connectivity index (χ1) is 16.9. The Morgan fingerprint density at radius 3 is 2.49 bits per heavy atom. The molecule has 2 aliphatic rings. The third-order valence-corrected chi connectivity index (χ3v) is 6.58. The zero-order valence-corrected chi connectivity index (χ0v) is 19.3. The van der Waals surface area contributed by atoms with E-state index in [1.807, 2.05) is 30.3 Å². The third-order valence-electron chi connectivity index (χ3n) is 6.58. The quantitative estimate of drug-likeness (QED) is 0.549. The smallest absolute Gasteiger partial charge is 0.274 e. The van der Waals surface area contributed by atoms with E-state index in [9.17, 15) is 18.8 Å². The van der Waals surface area contributed by atoms with Crippen LogP contribution in [-0.2, 0) is 24.4 Å². The van der Waals surface area contributed by atoms with Gasteiger partial charge in [-0.1, -0.05) is 48.5 Å². The zero-order valence-electron chi connectivity index (χ0n) is 19.3. The molecule has 0 saturated heterocycles. The van der Waals surface area contributed by atoms with Crippen LogP contribution < -0.4 is 10.6 Å². The lowest BCUT2D eigenvalue weighted by Crippen LogP contribution is -2.64. The van der Waals surface area contributed by atoms with Gasteiger partial charge in [0.25, 0.3) is 11.8 Å². The van der Waals surface area contributed by atoms with E-state index in [1.165, 1.54) is 12.4 Å². The van der Waals surface area contributed by atoms with Crippen molar-refractivity contribution in [2.24, 2.45) is 0 Å². The highest BCUT2D eigenvalue weighted by molar-refractivity contribution is 6.07. The minimum Gasteiger partial charge on any atom is -0.350 e. The molecule has 0 unspecified atom stereocenters. The summed E-state index contributed by atoms with van der Waals surface area (Å²) in [5, 5.41) is 5.61. The first-order valence-electron chi connectivity index (χ1n) is 11.6. The summed E-state index contributed by atoms with van der Waals surface area (Å²) in [6, 6.07) is 15.7. The Hall–Kier alpha value is -4.01. The van der Waals surface area contributed by atoms with Crippen molar-refractivity contribution in [2.45, 2.75) is 51.0 Å². The second-order valence-electron chi connectivity index (χ2n) is 9.19. The summed E-state index contributed by atoms with van der Waals surface area (Å²) in [7, 11) is 0. The molecule has 8 nitrogen and oxygen atoms in total. The van der Waals surface area contributed by atoms with Crippen LogP contribution in [0.4, 0.5) is 4.39 Å². The first-order valence-corrected chi connectivity index (χ1v) is 11.6. The fourth-order valence-electron chi connectivity index (χ4n) is 4.59. The summed E-state index contributed by atoms with van der Waals surface area (Å²) in [5.74, 6) is -1.65. The van der Waals surface area contributed by atoms with Gasteiger partial charge in [0, 0.05) is 24.7 Å². The van der Waals surface area contributed by atoms with E-state index in [2.05, 4.69) is 15.6 Å². The number of aromatic nitrogens is 2. The summed E-state index contributed by atoms with van der Waals surface area (Å²) in [6.45, 7) is 2.25. The average Bonchev–Trinajstić information content (AvgIpc) is 3.60. The molecule has 1 atom stereocenters. The lowest BCUT2D eigenvalue weighted by atomic mass is 9.93. The van der Waals surface area contributed by atoms with Gasteiger partial charge < -0.3 is 20.1 Å². The summed E-state index contributed by atoms with van der Waals surface area (Å²) >= 11 is 0. The highest BCUT2D eigenvalue weighted by atomic mass is 19.1. The molecule has 0 radical (unpaired) electrons. The largest absolute Gasteiger partial charge is 0.350 e. The number of fused-ring (bicyclic) bond motifs is 1. The van der Waals surface area contributed by atoms with Crippen LogP contribution in [0.1, 0.15) is 51.9 Å². The van der Waals surface area contributed by atoms with Gasteiger partial charge in [-0.05, 0) is 31.4 Å². The van der Waals surface area contributed by atoms with Gasteiger partial charge in [0.05, 0.1) is 12.9 Å². The molecular weight excluding hydrogens is 449 g/mol. The van der Waals surface area contributed by atoms with Gasteiger partial charge in [-0.3, -0.25) is 14.4 Å². The van der Waals surface area contributed by atoms with Gasteiger partial charge in [0.2, 0.25) is 5.91 Å². The molecule has 35 heavy (non-hydrogen) atoms. The number of amides is 3. The summed E-state index contributed by atoms with van der Waals surface area (Å²) in [4.78, 5) is 45.7. The third kappa shape index (κ3) is 4.29. The molecule has 2 aromatic carbocycles. The van der Waals surface area contributed by atoms with Gasteiger partial charge in [0.15, 0.2) is 5.69 Å². The molecule has 0 spiro atoms. The summed E-state index contributed by atoms with van der Waals surface area (Å²) in [6.07, 6.45) is 3.02. The number of benzene rings is 2. The Bertz CT molecular complexity index is 1290. The van der Waals surface area contributed by atoms with Gasteiger partial charge in [-0.25, -0.2) is 9.37 Å². The first kappa shape index (κ1) is 22.8. The fraction of sp³-hybridized carbons (Fsp3) is 0.308. The van der Waals surface area contributed by atoms with E-state index in [4.69, 9.17) is 0 Å². The Morgan fingerprint density at radius 1 is 1.06 bits per heavy atom. The SMILES string of the molecule is C[C@]1(C(=O)NCc2ccccc2)Cn2cnc(C(=O)NCc3ccccc3F)c2C(=O)N1C1CC1. The van der Waals surface area contributed by atoms with E-state index in [0.717, 1.165) is 18.4 Å². The Morgan fingerprint density at radius 2 is 1.77 bits per heavy atom. The van der Waals surface area contributed by atoms with Crippen LogP contribution in [-0.4, -0.2) is 43.8 Å². The van der Waals surface area contributed by atoms with E-state index < -0.39 is 23.2 Å². The van der Waals surface area contributed by atoms with Crippen LogP contribution in [0.3, 0.4) is 0 Å². The topological polar surface area (TPSA) is 96.3 Å². The van der Waals surface area contributed by atoms with Gasteiger partial charge in [0.1, 0.15) is 17.1 Å². The lowest BCUT2D eigenvalue weighted by molar-refractivity contribution is -0.133. The normalized spacial score (nSPS) is 19.3. The number of halogens is 1. The molecule has 9 heteroatoms. The fourth-order valence-corrected chi connectivity index (χ4v) is 4.59. The Balaban J connectivity index is 1.37. The number of nitrogens with zero attached hydrogens (tertiary/aromatic N) is 3. The van der Waals surface area contributed by atoms with Crippen molar-refractivity contribution >= 4 is 17.7 Å². The number of carbonyl (C=O) groups is 3. The maximum absolute atomic E-state index is 13.9. The highest BCUT2D eigenvalue weighted by Gasteiger charge is 2.53. The van der Waals surface area contributed by atoms with E-state index in [1.54, 1.807) is 34.6 Å². The van der Waals surface area contributed by atoms with Crippen molar-refractivity contribution in [3.8, 4) is 0 Å². The lowest BCUT2D eigenvalue weighted by Gasteiger charge is -2.44. The van der Waals surface area contributed by atoms with Gasteiger partial charge in [-0.2, -0.15) is 0 Å². The minimum atomic E-state index is -1.12. The zero-order chi connectivity index (χ0) is 24.6. The van der Waals surface area contributed by atoms with Crippen LogP contribution in [0.15, 0.2) is 60.9 Å². The predicted molar refractivity (Wildman–Crippen MR) is 126 cm³/mol. The van der Waals surface area contributed by atoms with Crippen LogP contribution >= 0.6 is 0 Å². The molecule has 5 rings (SSSR count). The van der Waals surface area contributed by atoms with Crippen molar-refractivity contribution in [1.82, 2.24) is 25.1 Å². The molecule has 180 valence electrons.